The largest absolute Gasteiger partial charge is 0.493 e. The first-order chi connectivity index (χ1) is 13.0. The number of benzene rings is 2. The van der Waals surface area contributed by atoms with E-state index in [4.69, 9.17) is 9.47 Å². The van der Waals surface area contributed by atoms with E-state index < -0.39 is 4.92 Å². The van der Waals surface area contributed by atoms with E-state index in [1.54, 1.807) is 43.5 Å². The molecule has 1 heterocycles. The molecule has 0 bridgehead atoms. The number of amidine groups is 1. The summed E-state index contributed by atoms with van der Waals surface area (Å²) < 4.78 is 10.4. The van der Waals surface area contributed by atoms with Crippen molar-refractivity contribution in [2.24, 2.45) is 4.99 Å². The molecule has 0 aliphatic carbocycles. The Morgan fingerprint density at radius 1 is 1.15 bits per heavy atom. The molecule has 3 rings (SSSR count). The van der Waals surface area contributed by atoms with E-state index in [9.17, 15) is 14.9 Å². The lowest BCUT2D eigenvalue weighted by Crippen LogP contribution is -2.19. The molecular formula is C18H15N3O5S. The van der Waals surface area contributed by atoms with Gasteiger partial charge in [-0.25, -0.2) is 4.99 Å². The van der Waals surface area contributed by atoms with Crippen LogP contribution in [0.5, 0.6) is 11.5 Å². The van der Waals surface area contributed by atoms with Crippen molar-refractivity contribution >= 4 is 40.3 Å². The summed E-state index contributed by atoms with van der Waals surface area (Å²) in [6, 6.07) is 11.4. The Morgan fingerprint density at radius 3 is 2.59 bits per heavy atom. The van der Waals surface area contributed by atoms with Gasteiger partial charge in [0.25, 0.3) is 11.6 Å². The number of nitro benzene ring substituents is 1. The Labute approximate surface area is 159 Å². The summed E-state index contributed by atoms with van der Waals surface area (Å²) in [4.78, 5) is 27.4. The lowest BCUT2D eigenvalue weighted by molar-refractivity contribution is -0.384. The summed E-state index contributed by atoms with van der Waals surface area (Å²) in [6.07, 6.45) is 1.68. The van der Waals surface area contributed by atoms with Crippen LogP contribution < -0.4 is 14.8 Å². The van der Waals surface area contributed by atoms with E-state index in [1.165, 1.54) is 19.2 Å². The van der Waals surface area contributed by atoms with Crippen LogP contribution in [0.3, 0.4) is 0 Å². The number of nitrogens with one attached hydrogen (secondary N) is 1. The van der Waals surface area contributed by atoms with E-state index in [0.29, 0.717) is 16.4 Å². The van der Waals surface area contributed by atoms with Crippen molar-refractivity contribution in [1.29, 1.82) is 0 Å². The van der Waals surface area contributed by atoms with Gasteiger partial charge in [-0.1, -0.05) is 18.2 Å². The Balaban J connectivity index is 1.88. The highest BCUT2D eigenvalue weighted by atomic mass is 32.2. The molecular weight excluding hydrogens is 370 g/mol. The highest BCUT2D eigenvalue weighted by Crippen LogP contribution is 2.33. The fourth-order valence-corrected chi connectivity index (χ4v) is 3.23. The van der Waals surface area contributed by atoms with Gasteiger partial charge >= 0.3 is 0 Å². The maximum atomic E-state index is 12.2. The van der Waals surface area contributed by atoms with Gasteiger partial charge in [0, 0.05) is 6.07 Å². The predicted octanol–water partition coefficient (Wildman–Crippen LogP) is 3.50. The van der Waals surface area contributed by atoms with Crippen molar-refractivity contribution in [3.63, 3.8) is 0 Å². The average molecular weight is 385 g/mol. The van der Waals surface area contributed by atoms with Crippen molar-refractivity contribution in [2.45, 2.75) is 0 Å². The number of carbonyl (C=O) groups is 1. The molecule has 1 aliphatic rings. The molecule has 0 atom stereocenters. The minimum atomic E-state index is -0.513. The number of carbonyl (C=O) groups excluding carboxylic acids is 1. The summed E-state index contributed by atoms with van der Waals surface area (Å²) >= 11 is 1.11. The molecule has 0 unspecified atom stereocenters. The number of rotatable bonds is 5. The second-order valence-electron chi connectivity index (χ2n) is 5.34. The second-order valence-corrected chi connectivity index (χ2v) is 6.37. The van der Waals surface area contributed by atoms with Gasteiger partial charge in [0.2, 0.25) is 0 Å². The minimum Gasteiger partial charge on any atom is -0.493 e. The number of nitrogens with zero attached hydrogens (tertiary/aromatic N) is 2. The van der Waals surface area contributed by atoms with E-state index in [2.05, 4.69) is 10.3 Å². The van der Waals surface area contributed by atoms with E-state index in [-0.39, 0.29) is 22.4 Å². The lowest BCUT2D eigenvalue weighted by Gasteiger charge is -2.07. The van der Waals surface area contributed by atoms with Gasteiger partial charge in [-0.05, 0) is 41.6 Å². The molecule has 138 valence electrons. The lowest BCUT2D eigenvalue weighted by atomic mass is 10.2. The summed E-state index contributed by atoms with van der Waals surface area (Å²) in [5, 5.41) is 14.0. The Kier molecular flexibility index (Phi) is 5.41. The molecule has 1 fully saturated rings. The first kappa shape index (κ1) is 18.5. The molecule has 1 N–H and O–H groups in total. The molecule has 0 saturated carbocycles. The Hall–Kier alpha value is -3.33. The third kappa shape index (κ3) is 4.09. The van der Waals surface area contributed by atoms with Gasteiger partial charge in [0.1, 0.15) is 5.69 Å². The van der Waals surface area contributed by atoms with E-state index >= 15 is 0 Å². The molecule has 0 radical (unpaired) electrons. The fourth-order valence-electron chi connectivity index (χ4n) is 2.40. The number of para-hydroxylation sites is 2. The van der Waals surface area contributed by atoms with Gasteiger partial charge in [-0.3, -0.25) is 14.9 Å². The second kappa shape index (κ2) is 7.92. The van der Waals surface area contributed by atoms with Crippen molar-refractivity contribution in [3.8, 4) is 11.5 Å². The molecule has 0 aromatic heterocycles. The zero-order valence-electron chi connectivity index (χ0n) is 14.5. The van der Waals surface area contributed by atoms with Crippen molar-refractivity contribution in [1.82, 2.24) is 5.32 Å². The average Bonchev–Trinajstić information content (AvgIpc) is 3.00. The maximum Gasteiger partial charge on any atom is 0.294 e. The van der Waals surface area contributed by atoms with Crippen molar-refractivity contribution < 1.29 is 19.2 Å². The molecule has 2 aromatic carbocycles. The summed E-state index contributed by atoms with van der Waals surface area (Å²) in [5.74, 6) is 0.804. The van der Waals surface area contributed by atoms with Gasteiger partial charge in [0.15, 0.2) is 16.7 Å². The van der Waals surface area contributed by atoms with Crippen LogP contribution in [-0.4, -0.2) is 30.2 Å². The number of thioether (sulfide) groups is 1. The van der Waals surface area contributed by atoms with E-state index in [1.807, 2.05) is 0 Å². The normalized spacial score (nSPS) is 16.4. The maximum absolute atomic E-state index is 12.2. The van der Waals surface area contributed by atoms with Gasteiger partial charge in [-0.15, -0.1) is 0 Å². The van der Waals surface area contributed by atoms with Gasteiger partial charge < -0.3 is 14.8 Å². The topological polar surface area (TPSA) is 103 Å². The number of methoxy groups -OCH3 is 2. The molecule has 2 aromatic rings. The molecule has 1 aliphatic heterocycles. The van der Waals surface area contributed by atoms with Crippen LogP contribution in [0.15, 0.2) is 52.4 Å². The predicted molar refractivity (Wildman–Crippen MR) is 103 cm³/mol. The first-order valence-electron chi connectivity index (χ1n) is 7.77. The molecule has 9 heteroatoms. The fraction of sp³-hybridized carbons (Fsp3) is 0.111. The SMILES string of the molecule is COc1ccc(/C=C2\SC(=Nc3ccccc3[N+](=O)[O-])NC2=O)cc1OC. The third-order valence-electron chi connectivity index (χ3n) is 3.66. The number of hydrogen-bond acceptors (Lipinski definition) is 7. The number of hydrogen-bond donors (Lipinski definition) is 1. The molecule has 1 amide bonds. The zero-order chi connectivity index (χ0) is 19.4. The van der Waals surface area contributed by atoms with Crippen LogP contribution in [-0.2, 0) is 4.79 Å². The molecule has 8 nitrogen and oxygen atoms in total. The highest BCUT2D eigenvalue weighted by molar-refractivity contribution is 8.18. The number of ether oxygens (including phenoxy) is 2. The molecule has 1 saturated heterocycles. The minimum absolute atomic E-state index is 0.128. The molecule has 0 spiro atoms. The Morgan fingerprint density at radius 2 is 1.89 bits per heavy atom. The monoisotopic (exact) mass is 385 g/mol. The van der Waals surface area contributed by atoms with Crippen LogP contribution >= 0.6 is 11.8 Å². The summed E-state index contributed by atoms with van der Waals surface area (Å²) in [7, 11) is 3.07. The number of aliphatic imine (C=N–C) groups is 1. The highest BCUT2D eigenvalue weighted by Gasteiger charge is 2.25. The number of amides is 1. The zero-order valence-corrected chi connectivity index (χ0v) is 15.3. The quantitative estimate of drug-likeness (QED) is 0.480. The van der Waals surface area contributed by atoms with Gasteiger partial charge in [0.05, 0.1) is 24.0 Å². The first-order valence-corrected chi connectivity index (χ1v) is 8.58. The summed E-state index contributed by atoms with van der Waals surface area (Å²) in [6.45, 7) is 0. The van der Waals surface area contributed by atoms with Crippen molar-refractivity contribution in [2.75, 3.05) is 14.2 Å². The summed E-state index contributed by atoms with van der Waals surface area (Å²) in [5.41, 5.74) is 0.798. The molecule has 27 heavy (non-hydrogen) atoms. The van der Waals surface area contributed by atoms with Crippen LogP contribution in [0, 0.1) is 10.1 Å². The standard InChI is InChI=1S/C18H15N3O5S/c1-25-14-8-7-11(9-15(14)26-2)10-16-17(22)20-18(27-16)19-12-5-3-4-6-13(12)21(23)24/h3-10H,1-2H3,(H,19,20,22)/b16-10-. The van der Waals surface area contributed by atoms with Crippen LogP contribution in [0.25, 0.3) is 6.08 Å². The van der Waals surface area contributed by atoms with Gasteiger partial charge in [-0.2, -0.15) is 0 Å². The smallest absolute Gasteiger partial charge is 0.294 e. The van der Waals surface area contributed by atoms with Crippen molar-refractivity contribution in [3.05, 3.63) is 63.0 Å². The van der Waals surface area contributed by atoms with E-state index in [0.717, 1.165) is 17.3 Å². The number of nitro groups is 1. The van der Waals surface area contributed by atoms with Crippen LogP contribution in [0.1, 0.15) is 5.56 Å². The Bertz CT molecular complexity index is 971. The van der Waals surface area contributed by atoms with Crippen LogP contribution in [0.2, 0.25) is 0 Å². The van der Waals surface area contributed by atoms with Crippen LogP contribution in [0.4, 0.5) is 11.4 Å². The third-order valence-corrected chi connectivity index (χ3v) is 4.57.